The molecule has 0 bridgehead atoms. The van der Waals surface area contributed by atoms with Crippen LogP contribution in [0, 0.1) is 5.92 Å². The van der Waals surface area contributed by atoms with Crippen molar-refractivity contribution in [2.24, 2.45) is 5.92 Å². The summed E-state index contributed by atoms with van der Waals surface area (Å²) in [6, 6.07) is 14.8. The van der Waals surface area contributed by atoms with Crippen molar-refractivity contribution < 1.29 is 9.53 Å². The van der Waals surface area contributed by atoms with Crippen molar-refractivity contribution >= 4 is 40.9 Å². The highest BCUT2D eigenvalue weighted by molar-refractivity contribution is 7.99. The zero-order valence-corrected chi connectivity index (χ0v) is 23.0. The smallest absolute Gasteiger partial charge is 0.225 e. The van der Waals surface area contributed by atoms with Crippen LogP contribution in [0.25, 0.3) is 0 Å². The third kappa shape index (κ3) is 4.60. The second-order valence-corrected chi connectivity index (χ2v) is 13.1. The average Bonchev–Trinajstić information content (AvgIpc) is 3.22. The number of amides is 1. The maximum Gasteiger partial charge on any atom is 0.225 e. The Hall–Kier alpha value is -1.24. The molecule has 2 aromatic carbocycles. The second-order valence-electron chi connectivity index (χ2n) is 10.9. The Kier molecular flexibility index (Phi) is 7.06. The van der Waals surface area contributed by atoms with E-state index in [-0.39, 0.29) is 10.7 Å². The van der Waals surface area contributed by atoms with E-state index in [0.717, 1.165) is 56.6 Å². The number of rotatable bonds is 5. The maximum absolute atomic E-state index is 13.2. The van der Waals surface area contributed by atoms with Crippen LogP contribution in [0.15, 0.2) is 42.5 Å². The number of carbonyl (C=O) groups is 1. The Balaban J connectivity index is 1.18. The molecule has 36 heavy (non-hydrogen) atoms. The molecular weight excluding hydrogens is 511 g/mol. The van der Waals surface area contributed by atoms with Gasteiger partial charge in [0.2, 0.25) is 5.91 Å². The van der Waals surface area contributed by atoms with Crippen molar-refractivity contribution in [1.29, 1.82) is 0 Å². The van der Waals surface area contributed by atoms with E-state index in [4.69, 9.17) is 27.9 Å². The van der Waals surface area contributed by atoms with Crippen molar-refractivity contribution in [3.8, 4) is 0 Å². The van der Waals surface area contributed by atoms with Crippen LogP contribution in [-0.2, 0) is 25.6 Å². The highest BCUT2D eigenvalue weighted by Gasteiger charge is 2.44. The number of piperidine rings is 1. The summed E-state index contributed by atoms with van der Waals surface area (Å²) in [4.78, 5) is 17.8. The molecule has 0 N–H and O–H groups in total. The van der Waals surface area contributed by atoms with Crippen molar-refractivity contribution in [1.82, 2.24) is 9.80 Å². The van der Waals surface area contributed by atoms with Gasteiger partial charge in [-0.1, -0.05) is 60.0 Å². The maximum atomic E-state index is 13.2. The van der Waals surface area contributed by atoms with Crippen molar-refractivity contribution in [3.05, 3.63) is 69.2 Å². The largest absolute Gasteiger partial charge is 0.367 e. The molecule has 3 fully saturated rings. The van der Waals surface area contributed by atoms with E-state index in [2.05, 4.69) is 40.9 Å². The lowest BCUT2D eigenvalue weighted by Crippen LogP contribution is -2.55. The number of benzene rings is 2. The number of nitrogens with zero attached hydrogens (tertiary/aromatic N) is 2. The molecule has 192 valence electrons. The summed E-state index contributed by atoms with van der Waals surface area (Å²) in [6.07, 6.45) is 6.40. The van der Waals surface area contributed by atoms with Crippen LogP contribution in [0.4, 0.5) is 0 Å². The first-order valence-corrected chi connectivity index (χ1v) is 15.1. The normalized spacial score (nSPS) is 26.1. The second kappa shape index (κ2) is 10.1. The Labute approximate surface area is 228 Å². The van der Waals surface area contributed by atoms with Gasteiger partial charge in [0.05, 0.1) is 23.2 Å². The van der Waals surface area contributed by atoms with Crippen LogP contribution >= 0.6 is 35.0 Å². The van der Waals surface area contributed by atoms with Gasteiger partial charge in [-0.2, -0.15) is 0 Å². The number of halogens is 2. The fourth-order valence-electron chi connectivity index (χ4n) is 6.41. The van der Waals surface area contributed by atoms with Gasteiger partial charge in [0, 0.05) is 29.5 Å². The van der Waals surface area contributed by atoms with Crippen LogP contribution < -0.4 is 0 Å². The van der Waals surface area contributed by atoms with Gasteiger partial charge in [0.25, 0.3) is 0 Å². The molecule has 2 aromatic rings. The summed E-state index contributed by atoms with van der Waals surface area (Å²) in [5, 5.41) is 1.08. The minimum atomic E-state index is -0.560. The molecule has 4 nitrogen and oxygen atoms in total. The predicted molar refractivity (Wildman–Crippen MR) is 148 cm³/mol. The number of morpholine rings is 1. The van der Waals surface area contributed by atoms with Gasteiger partial charge in [0.1, 0.15) is 5.60 Å². The Bertz CT molecular complexity index is 1130. The minimum absolute atomic E-state index is 0.194. The van der Waals surface area contributed by atoms with Gasteiger partial charge in [-0.3, -0.25) is 4.79 Å². The molecule has 0 aromatic heterocycles. The molecule has 2 saturated heterocycles. The van der Waals surface area contributed by atoms with Crippen LogP contribution in [0.5, 0.6) is 0 Å². The van der Waals surface area contributed by atoms with Crippen LogP contribution in [0.2, 0.25) is 10.0 Å². The quantitative estimate of drug-likeness (QED) is 0.431. The monoisotopic (exact) mass is 544 g/mol. The Morgan fingerprint density at radius 1 is 1.06 bits per heavy atom. The van der Waals surface area contributed by atoms with Crippen LogP contribution in [0.1, 0.15) is 55.2 Å². The topological polar surface area (TPSA) is 32.8 Å². The summed E-state index contributed by atoms with van der Waals surface area (Å²) < 4.78 is 6.84. The first-order valence-electron chi connectivity index (χ1n) is 13.3. The summed E-state index contributed by atoms with van der Waals surface area (Å²) in [5.74, 6) is 1.63. The van der Waals surface area contributed by atoms with Crippen molar-refractivity contribution in [2.45, 2.75) is 54.6 Å². The standard InChI is InChI=1S/C29H34Cl2N2O2S/c30-25-9-8-23(18-26(25)31)28(20-33(16-17-35-28)27(34)21-5-3-6-21)10-13-32-14-11-29(12-15-32)24-7-2-1-4-22(24)19-36-29/h1-2,4,7-9,18,21H,3,5-6,10-17,19-20H2. The van der Waals surface area contributed by atoms with E-state index in [0.29, 0.717) is 35.6 Å². The van der Waals surface area contributed by atoms with E-state index < -0.39 is 5.60 Å². The molecule has 1 spiro atoms. The Morgan fingerprint density at radius 2 is 1.86 bits per heavy atom. The number of fused-ring (bicyclic) bond motifs is 2. The first kappa shape index (κ1) is 25.1. The summed E-state index contributed by atoms with van der Waals surface area (Å²) >= 11 is 14.8. The lowest BCUT2D eigenvalue weighted by atomic mass is 9.82. The Morgan fingerprint density at radius 3 is 2.61 bits per heavy atom. The van der Waals surface area contributed by atoms with Crippen molar-refractivity contribution in [2.75, 3.05) is 39.3 Å². The molecule has 3 heterocycles. The number of thioether (sulfide) groups is 1. The molecule has 3 aliphatic heterocycles. The lowest BCUT2D eigenvalue weighted by molar-refractivity contribution is -0.160. The molecule has 1 aliphatic carbocycles. The molecule has 1 atom stereocenters. The average molecular weight is 546 g/mol. The fourth-order valence-corrected chi connectivity index (χ4v) is 8.22. The van der Waals surface area contributed by atoms with Crippen LogP contribution in [-0.4, -0.2) is 55.0 Å². The summed E-state index contributed by atoms with van der Waals surface area (Å²) in [6.45, 7) is 4.92. The predicted octanol–water partition coefficient (Wildman–Crippen LogP) is 6.48. The number of carbonyl (C=O) groups excluding carboxylic acids is 1. The third-order valence-corrected chi connectivity index (χ3v) is 11.3. The van der Waals surface area contributed by atoms with Crippen molar-refractivity contribution in [3.63, 3.8) is 0 Å². The highest BCUT2D eigenvalue weighted by Crippen LogP contribution is 2.53. The van der Waals surface area contributed by atoms with Gasteiger partial charge in [0.15, 0.2) is 0 Å². The SMILES string of the molecule is O=C(C1CCC1)N1CCOC(CCN2CCC3(CC2)SCc2ccccc23)(c2ccc(Cl)c(Cl)c2)C1. The van der Waals surface area contributed by atoms with Gasteiger partial charge in [-0.15, -0.1) is 11.8 Å². The molecule has 6 rings (SSSR count). The van der Waals surface area contributed by atoms with Gasteiger partial charge in [-0.05, 0) is 74.0 Å². The molecule has 1 unspecified atom stereocenters. The number of likely N-dealkylation sites (tertiary alicyclic amines) is 1. The molecule has 0 radical (unpaired) electrons. The number of hydrogen-bond donors (Lipinski definition) is 0. The van der Waals surface area contributed by atoms with Gasteiger partial charge in [-0.25, -0.2) is 0 Å². The molecule has 1 amide bonds. The van der Waals surface area contributed by atoms with Gasteiger partial charge < -0.3 is 14.5 Å². The van der Waals surface area contributed by atoms with Gasteiger partial charge >= 0.3 is 0 Å². The molecule has 1 saturated carbocycles. The zero-order chi connectivity index (χ0) is 24.8. The van der Waals surface area contributed by atoms with E-state index in [1.54, 1.807) is 5.56 Å². The number of hydrogen-bond acceptors (Lipinski definition) is 4. The van der Waals surface area contributed by atoms with E-state index in [1.165, 1.54) is 18.4 Å². The molecular formula is C29H34Cl2N2O2S. The van der Waals surface area contributed by atoms with Crippen LogP contribution in [0.3, 0.4) is 0 Å². The molecule has 7 heteroatoms. The van der Waals surface area contributed by atoms with E-state index >= 15 is 0 Å². The summed E-state index contributed by atoms with van der Waals surface area (Å²) in [7, 11) is 0. The number of ether oxygens (including phenoxy) is 1. The highest BCUT2D eigenvalue weighted by atomic mass is 35.5. The summed E-state index contributed by atoms with van der Waals surface area (Å²) in [5.41, 5.74) is 3.54. The fraction of sp³-hybridized carbons (Fsp3) is 0.552. The van der Waals surface area contributed by atoms with E-state index in [9.17, 15) is 4.79 Å². The molecule has 4 aliphatic rings. The zero-order valence-electron chi connectivity index (χ0n) is 20.7. The minimum Gasteiger partial charge on any atom is -0.367 e. The third-order valence-electron chi connectivity index (χ3n) is 8.91. The first-order chi connectivity index (χ1) is 17.5. The lowest BCUT2D eigenvalue weighted by Gasteiger charge is -2.46. The van der Waals surface area contributed by atoms with E-state index in [1.807, 2.05) is 23.1 Å².